The predicted octanol–water partition coefficient (Wildman–Crippen LogP) is 2.30. The van der Waals surface area contributed by atoms with E-state index in [4.69, 9.17) is 4.74 Å². The lowest BCUT2D eigenvalue weighted by molar-refractivity contribution is -0.148. The second-order valence-corrected chi connectivity index (χ2v) is 6.16. The van der Waals surface area contributed by atoms with Crippen LogP contribution in [0.3, 0.4) is 0 Å². The molecule has 2 unspecified atom stereocenters. The minimum atomic E-state index is -1.59. The van der Waals surface area contributed by atoms with E-state index in [1.54, 1.807) is 6.92 Å². The maximum absolute atomic E-state index is 13.1. The van der Waals surface area contributed by atoms with E-state index in [1.807, 2.05) is 0 Å². The number of nitrogens with one attached hydrogen (secondary N) is 1. The van der Waals surface area contributed by atoms with Crippen molar-refractivity contribution in [3.05, 3.63) is 35.6 Å². The summed E-state index contributed by atoms with van der Waals surface area (Å²) < 4.78 is 18.4. The van der Waals surface area contributed by atoms with Gasteiger partial charge in [0.1, 0.15) is 5.82 Å². The van der Waals surface area contributed by atoms with E-state index in [0.29, 0.717) is 18.8 Å². The Morgan fingerprint density at radius 2 is 1.87 bits per heavy atom. The lowest BCUT2D eigenvalue weighted by atomic mass is 9.85. The van der Waals surface area contributed by atoms with Gasteiger partial charge in [-0.3, -0.25) is 4.79 Å². The zero-order chi connectivity index (χ0) is 17.0. The molecule has 0 saturated carbocycles. The second-order valence-electron chi connectivity index (χ2n) is 6.16. The summed E-state index contributed by atoms with van der Waals surface area (Å²) in [6.45, 7) is 4.46. The van der Waals surface area contributed by atoms with E-state index in [9.17, 15) is 19.1 Å². The van der Waals surface area contributed by atoms with E-state index < -0.39 is 17.3 Å². The summed E-state index contributed by atoms with van der Waals surface area (Å²) in [7, 11) is 0. The SMILES string of the molecule is CC(C(=O)NC(C)(C(=O)O)c1ccc(F)cc1)C1CCOCC1. The van der Waals surface area contributed by atoms with Crippen molar-refractivity contribution in [2.45, 2.75) is 32.2 Å². The third-order valence-corrected chi connectivity index (χ3v) is 4.61. The third-order valence-electron chi connectivity index (χ3n) is 4.61. The molecule has 1 heterocycles. The first kappa shape index (κ1) is 17.4. The summed E-state index contributed by atoms with van der Waals surface area (Å²) in [6, 6.07) is 5.13. The second kappa shape index (κ2) is 7.08. The molecule has 1 amide bonds. The number of carbonyl (C=O) groups excluding carboxylic acids is 1. The summed E-state index contributed by atoms with van der Waals surface area (Å²) in [4.78, 5) is 24.2. The molecule has 0 radical (unpaired) electrons. The number of benzene rings is 1. The molecule has 126 valence electrons. The van der Waals surface area contributed by atoms with Crippen LogP contribution in [0.25, 0.3) is 0 Å². The topological polar surface area (TPSA) is 75.6 Å². The molecule has 2 rings (SSSR count). The molecule has 0 spiro atoms. The van der Waals surface area contributed by atoms with Gasteiger partial charge in [0.25, 0.3) is 0 Å². The van der Waals surface area contributed by atoms with Crippen molar-refractivity contribution in [3.63, 3.8) is 0 Å². The van der Waals surface area contributed by atoms with E-state index in [1.165, 1.54) is 31.2 Å². The Bertz CT molecular complexity index is 568. The van der Waals surface area contributed by atoms with Crippen LogP contribution in [0.2, 0.25) is 0 Å². The monoisotopic (exact) mass is 323 g/mol. The quantitative estimate of drug-likeness (QED) is 0.872. The highest BCUT2D eigenvalue weighted by molar-refractivity contribution is 5.88. The molecule has 0 aliphatic carbocycles. The molecule has 2 atom stereocenters. The van der Waals surface area contributed by atoms with Gasteiger partial charge in [-0.05, 0) is 43.4 Å². The highest BCUT2D eigenvalue weighted by atomic mass is 19.1. The Morgan fingerprint density at radius 1 is 1.30 bits per heavy atom. The molecule has 6 heteroatoms. The van der Waals surface area contributed by atoms with Crippen molar-refractivity contribution in [2.24, 2.45) is 11.8 Å². The number of hydrogen-bond donors (Lipinski definition) is 2. The summed E-state index contributed by atoms with van der Waals surface area (Å²) in [6.07, 6.45) is 1.57. The molecule has 2 N–H and O–H groups in total. The lowest BCUT2D eigenvalue weighted by Crippen LogP contribution is -2.52. The average molecular weight is 323 g/mol. The van der Waals surface area contributed by atoms with Crippen LogP contribution >= 0.6 is 0 Å². The van der Waals surface area contributed by atoms with E-state index in [2.05, 4.69) is 5.32 Å². The van der Waals surface area contributed by atoms with Crippen molar-refractivity contribution in [1.82, 2.24) is 5.32 Å². The van der Waals surface area contributed by atoms with Gasteiger partial charge in [-0.25, -0.2) is 9.18 Å². The predicted molar refractivity (Wildman–Crippen MR) is 82.2 cm³/mol. The van der Waals surface area contributed by atoms with Crippen LogP contribution in [-0.4, -0.2) is 30.2 Å². The normalized spacial score (nSPS) is 19.6. The summed E-state index contributed by atoms with van der Waals surface area (Å²) in [5.74, 6) is -2.08. The van der Waals surface area contributed by atoms with Gasteiger partial charge >= 0.3 is 5.97 Å². The van der Waals surface area contributed by atoms with E-state index in [-0.39, 0.29) is 17.7 Å². The fourth-order valence-corrected chi connectivity index (χ4v) is 2.82. The highest BCUT2D eigenvalue weighted by Crippen LogP contribution is 2.27. The van der Waals surface area contributed by atoms with Crippen LogP contribution in [0.5, 0.6) is 0 Å². The maximum atomic E-state index is 13.1. The largest absolute Gasteiger partial charge is 0.479 e. The lowest BCUT2D eigenvalue weighted by Gasteiger charge is -2.32. The van der Waals surface area contributed by atoms with E-state index in [0.717, 1.165) is 12.8 Å². The van der Waals surface area contributed by atoms with Crippen LogP contribution < -0.4 is 5.32 Å². The van der Waals surface area contributed by atoms with Crippen molar-refractivity contribution in [2.75, 3.05) is 13.2 Å². The molecular weight excluding hydrogens is 301 g/mol. The van der Waals surface area contributed by atoms with E-state index >= 15 is 0 Å². The first-order valence-electron chi connectivity index (χ1n) is 7.74. The number of carbonyl (C=O) groups is 2. The maximum Gasteiger partial charge on any atom is 0.333 e. The number of ether oxygens (including phenoxy) is 1. The molecule has 1 saturated heterocycles. The van der Waals surface area contributed by atoms with Crippen molar-refractivity contribution in [3.8, 4) is 0 Å². The standard InChI is InChI=1S/C17H22FNO4/c1-11(12-7-9-23-10-8-12)15(20)19-17(2,16(21)22)13-3-5-14(18)6-4-13/h3-6,11-12H,7-10H2,1-2H3,(H,19,20)(H,21,22). The smallest absolute Gasteiger partial charge is 0.333 e. The summed E-state index contributed by atoms with van der Waals surface area (Å²) in [5.41, 5.74) is -1.26. The first-order valence-corrected chi connectivity index (χ1v) is 7.74. The Kier molecular flexibility index (Phi) is 5.36. The first-order chi connectivity index (χ1) is 10.8. The van der Waals surface area contributed by atoms with Crippen molar-refractivity contribution < 1.29 is 23.8 Å². The zero-order valence-corrected chi connectivity index (χ0v) is 13.3. The molecule has 0 bridgehead atoms. The number of carboxylic acid groups (broad SMARTS) is 1. The molecule has 0 aromatic heterocycles. The van der Waals surface area contributed by atoms with Gasteiger partial charge in [0, 0.05) is 19.1 Å². The molecule has 1 aromatic carbocycles. The number of rotatable bonds is 5. The average Bonchev–Trinajstić information content (AvgIpc) is 2.55. The minimum Gasteiger partial charge on any atom is -0.479 e. The van der Waals surface area contributed by atoms with Crippen molar-refractivity contribution in [1.29, 1.82) is 0 Å². The van der Waals surface area contributed by atoms with Gasteiger partial charge in [0.05, 0.1) is 0 Å². The Hall–Kier alpha value is -1.95. The van der Waals surface area contributed by atoms with Crippen LogP contribution in [0.15, 0.2) is 24.3 Å². The fourth-order valence-electron chi connectivity index (χ4n) is 2.82. The molecular formula is C17H22FNO4. The highest BCUT2D eigenvalue weighted by Gasteiger charge is 2.39. The van der Waals surface area contributed by atoms with Crippen LogP contribution in [0.1, 0.15) is 32.3 Å². The van der Waals surface area contributed by atoms with Gasteiger partial charge in [-0.2, -0.15) is 0 Å². The fraction of sp³-hybridized carbons (Fsp3) is 0.529. The zero-order valence-electron chi connectivity index (χ0n) is 13.3. The van der Waals surface area contributed by atoms with Gasteiger partial charge < -0.3 is 15.2 Å². The van der Waals surface area contributed by atoms with Crippen LogP contribution in [0, 0.1) is 17.7 Å². The Labute approximate surface area is 134 Å². The molecule has 1 aliphatic heterocycles. The molecule has 1 aromatic rings. The van der Waals surface area contributed by atoms with Gasteiger partial charge in [-0.15, -0.1) is 0 Å². The number of carboxylic acids is 1. The number of hydrogen-bond acceptors (Lipinski definition) is 3. The Balaban J connectivity index is 2.16. The van der Waals surface area contributed by atoms with Crippen LogP contribution in [-0.2, 0) is 19.9 Å². The molecule has 1 fully saturated rings. The number of halogens is 1. The van der Waals surface area contributed by atoms with Gasteiger partial charge in [-0.1, -0.05) is 19.1 Å². The Morgan fingerprint density at radius 3 is 2.39 bits per heavy atom. The van der Waals surface area contributed by atoms with Crippen molar-refractivity contribution >= 4 is 11.9 Å². The molecule has 23 heavy (non-hydrogen) atoms. The van der Waals surface area contributed by atoms with Gasteiger partial charge in [0.2, 0.25) is 5.91 Å². The summed E-state index contributed by atoms with van der Waals surface area (Å²) in [5, 5.41) is 12.2. The molecule has 5 nitrogen and oxygen atoms in total. The summed E-state index contributed by atoms with van der Waals surface area (Å²) >= 11 is 0. The van der Waals surface area contributed by atoms with Crippen LogP contribution in [0.4, 0.5) is 4.39 Å². The number of amides is 1. The molecule has 1 aliphatic rings. The third kappa shape index (κ3) is 3.88. The van der Waals surface area contributed by atoms with Gasteiger partial charge in [0.15, 0.2) is 5.54 Å². The minimum absolute atomic E-state index is 0.176. The number of aliphatic carboxylic acids is 1.